The van der Waals surface area contributed by atoms with Crippen molar-refractivity contribution in [3.63, 3.8) is 0 Å². The maximum Gasteiger partial charge on any atom is 0.293 e. The van der Waals surface area contributed by atoms with Gasteiger partial charge in [-0.15, -0.1) is 0 Å². The third kappa shape index (κ3) is 6.28. The number of aryl methyl sites for hydroxylation is 1. The van der Waals surface area contributed by atoms with Crippen LogP contribution in [0.5, 0.6) is 11.5 Å². The first-order valence-electron chi connectivity index (χ1n) is 11.6. The van der Waals surface area contributed by atoms with Crippen LogP contribution in [0.1, 0.15) is 30.0 Å². The topological polar surface area (TPSA) is 55.8 Å². The smallest absolute Gasteiger partial charge is 0.293 e. The summed E-state index contributed by atoms with van der Waals surface area (Å²) in [5.74, 6) is -0.0441. The Labute approximate surface area is 218 Å². The second-order valence-corrected chi connectivity index (χ2v) is 9.47. The molecule has 1 aliphatic rings. The first-order chi connectivity index (χ1) is 17.5. The number of nitrogens with zero attached hydrogens (tertiary/aromatic N) is 1. The Balaban J connectivity index is 1.47. The molecule has 0 aliphatic carbocycles. The van der Waals surface area contributed by atoms with Gasteiger partial charge in [0.25, 0.3) is 11.1 Å². The van der Waals surface area contributed by atoms with Gasteiger partial charge in [-0.1, -0.05) is 60.1 Å². The van der Waals surface area contributed by atoms with Crippen molar-refractivity contribution in [1.82, 2.24) is 4.90 Å². The molecule has 0 radical (unpaired) electrons. The van der Waals surface area contributed by atoms with E-state index in [1.165, 1.54) is 11.0 Å². The van der Waals surface area contributed by atoms with E-state index >= 15 is 0 Å². The van der Waals surface area contributed by atoms with E-state index < -0.39 is 0 Å². The molecular weight excluding hydrogens is 501 g/mol. The zero-order chi connectivity index (χ0) is 25.5. The molecule has 0 aromatic heterocycles. The first kappa shape index (κ1) is 25.8. The van der Waals surface area contributed by atoms with Crippen LogP contribution in [0.3, 0.4) is 0 Å². The Kier molecular flexibility index (Phi) is 8.67. The number of rotatable bonds is 10. The third-order valence-electron chi connectivity index (χ3n) is 5.52. The maximum absolute atomic E-state index is 14.0. The summed E-state index contributed by atoms with van der Waals surface area (Å²) in [4.78, 5) is 27.0. The lowest BCUT2D eigenvalue weighted by Crippen LogP contribution is -2.29. The van der Waals surface area contributed by atoms with E-state index in [4.69, 9.17) is 21.1 Å². The largest absolute Gasteiger partial charge is 0.490 e. The predicted molar refractivity (Wildman–Crippen MR) is 141 cm³/mol. The molecule has 1 saturated heterocycles. The van der Waals surface area contributed by atoms with Gasteiger partial charge in [0.2, 0.25) is 0 Å². The van der Waals surface area contributed by atoms with Gasteiger partial charge in [-0.05, 0) is 66.9 Å². The van der Waals surface area contributed by atoms with Gasteiger partial charge in [0.1, 0.15) is 12.4 Å². The SMILES string of the molecule is CCOc1cc(/C=C2/SC(=O)N(CCCc3ccccc3)C2=O)cc(Cl)c1OCc1ccccc1F. The molecule has 0 saturated carbocycles. The van der Waals surface area contributed by atoms with Crippen molar-refractivity contribution in [2.75, 3.05) is 13.2 Å². The molecule has 0 unspecified atom stereocenters. The molecule has 0 spiro atoms. The summed E-state index contributed by atoms with van der Waals surface area (Å²) < 4.78 is 25.5. The fraction of sp³-hybridized carbons (Fsp3) is 0.214. The molecule has 0 atom stereocenters. The number of halogens is 2. The summed E-state index contributed by atoms with van der Waals surface area (Å²) in [5, 5.41) is -0.0362. The van der Waals surface area contributed by atoms with E-state index in [1.807, 2.05) is 37.3 Å². The minimum Gasteiger partial charge on any atom is -0.490 e. The van der Waals surface area contributed by atoms with Gasteiger partial charge in [-0.25, -0.2) is 4.39 Å². The van der Waals surface area contributed by atoms with Crippen LogP contribution < -0.4 is 9.47 Å². The van der Waals surface area contributed by atoms with Crippen molar-refractivity contribution in [3.8, 4) is 11.5 Å². The van der Waals surface area contributed by atoms with E-state index in [2.05, 4.69) is 0 Å². The monoisotopic (exact) mass is 525 g/mol. The summed E-state index contributed by atoms with van der Waals surface area (Å²) in [6.07, 6.45) is 3.09. The Morgan fingerprint density at radius 3 is 2.53 bits per heavy atom. The second-order valence-electron chi connectivity index (χ2n) is 8.07. The molecule has 186 valence electrons. The number of ether oxygens (including phenoxy) is 2. The van der Waals surface area contributed by atoms with Crippen molar-refractivity contribution < 1.29 is 23.5 Å². The average molecular weight is 526 g/mol. The number of carbonyl (C=O) groups is 2. The zero-order valence-corrected chi connectivity index (χ0v) is 21.3. The van der Waals surface area contributed by atoms with Crippen LogP contribution in [-0.2, 0) is 17.8 Å². The molecule has 1 fully saturated rings. The molecule has 3 aromatic rings. The summed E-state index contributed by atoms with van der Waals surface area (Å²) >= 11 is 7.39. The van der Waals surface area contributed by atoms with Crippen LogP contribution >= 0.6 is 23.4 Å². The minimum atomic E-state index is -0.373. The van der Waals surface area contributed by atoms with E-state index in [-0.39, 0.29) is 34.3 Å². The van der Waals surface area contributed by atoms with Crippen LogP contribution in [0.2, 0.25) is 5.02 Å². The number of benzene rings is 3. The Hall–Kier alpha value is -3.29. The lowest BCUT2D eigenvalue weighted by atomic mass is 10.1. The van der Waals surface area contributed by atoms with Gasteiger partial charge in [0, 0.05) is 12.1 Å². The molecule has 3 aromatic carbocycles. The van der Waals surface area contributed by atoms with Crippen molar-refractivity contribution in [2.45, 2.75) is 26.4 Å². The number of imide groups is 1. The van der Waals surface area contributed by atoms with Crippen molar-refractivity contribution in [3.05, 3.63) is 99.2 Å². The Morgan fingerprint density at radius 2 is 1.78 bits per heavy atom. The fourth-order valence-electron chi connectivity index (χ4n) is 3.77. The maximum atomic E-state index is 14.0. The van der Waals surface area contributed by atoms with Crippen LogP contribution in [0.4, 0.5) is 9.18 Å². The average Bonchev–Trinajstić information content (AvgIpc) is 3.12. The number of thioether (sulfide) groups is 1. The molecule has 1 aliphatic heterocycles. The first-order valence-corrected chi connectivity index (χ1v) is 12.8. The molecular formula is C28H25ClFNO4S. The van der Waals surface area contributed by atoms with Gasteiger partial charge in [0.05, 0.1) is 16.5 Å². The molecule has 4 rings (SSSR count). The fourth-order valence-corrected chi connectivity index (χ4v) is 4.91. The second kappa shape index (κ2) is 12.1. The highest BCUT2D eigenvalue weighted by molar-refractivity contribution is 8.18. The summed E-state index contributed by atoms with van der Waals surface area (Å²) in [6.45, 7) is 2.51. The number of carbonyl (C=O) groups excluding carboxylic acids is 2. The molecule has 0 bridgehead atoms. The van der Waals surface area contributed by atoms with E-state index in [9.17, 15) is 14.0 Å². The van der Waals surface area contributed by atoms with Gasteiger partial charge >= 0.3 is 0 Å². The third-order valence-corrected chi connectivity index (χ3v) is 6.71. The standard InChI is InChI=1S/C28H25ClFNO4S/c1-2-34-24-16-20(15-22(29)26(24)35-18-21-12-6-7-13-23(21)30)17-25-27(32)31(28(33)36-25)14-8-11-19-9-4-3-5-10-19/h3-7,9-10,12-13,15-17H,2,8,11,14,18H2,1H3/b25-17+. The van der Waals surface area contributed by atoms with E-state index in [1.54, 1.807) is 36.4 Å². The van der Waals surface area contributed by atoms with Gasteiger partial charge in [-0.3, -0.25) is 14.5 Å². The quantitative estimate of drug-likeness (QED) is 0.264. The van der Waals surface area contributed by atoms with E-state index in [0.29, 0.717) is 41.4 Å². The highest BCUT2D eigenvalue weighted by Crippen LogP contribution is 2.39. The molecule has 1 heterocycles. The molecule has 5 nitrogen and oxygen atoms in total. The number of hydrogen-bond acceptors (Lipinski definition) is 5. The summed E-state index contributed by atoms with van der Waals surface area (Å²) in [5.41, 5.74) is 2.15. The van der Waals surface area contributed by atoms with Crippen LogP contribution in [0, 0.1) is 5.82 Å². The lowest BCUT2D eigenvalue weighted by molar-refractivity contribution is -0.122. The van der Waals surface area contributed by atoms with Crippen molar-refractivity contribution >= 4 is 40.6 Å². The summed E-state index contributed by atoms with van der Waals surface area (Å²) in [6, 6.07) is 19.6. The Bertz CT molecular complexity index is 1280. The molecule has 2 amide bonds. The highest BCUT2D eigenvalue weighted by Gasteiger charge is 2.34. The van der Waals surface area contributed by atoms with E-state index in [0.717, 1.165) is 23.7 Å². The van der Waals surface area contributed by atoms with Gasteiger partial charge < -0.3 is 9.47 Å². The van der Waals surface area contributed by atoms with Gasteiger partial charge in [-0.2, -0.15) is 0 Å². The highest BCUT2D eigenvalue weighted by atomic mass is 35.5. The normalized spacial score (nSPS) is 14.5. The Morgan fingerprint density at radius 1 is 1.03 bits per heavy atom. The van der Waals surface area contributed by atoms with Crippen LogP contribution in [0.25, 0.3) is 6.08 Å². The van der Waals surface area contributed by atoms with Crippen LogP contribution in [0.15, 0.2) is 71.6 Å². The van der Waals surface area contributed by atoms with Gasteiger partial charge in [0.15, 0.2) is 11.5 Å². The van der Waals surface area contributed by atoms with Crippen molar-refractivity contribution in [2.24, 2.45) is 0 Å². The van der Waals surface area contributed by atoms with Crippen molar-refractivity contribution in [1.29, 1.82) is 0 Å². The number of hydrogen-bond donors (Lipinski definition) is 0. The molecule has 0 N–H and O–H groups in total. The predicted octanol–water partition coefficient (Wildman–Crippen LogP) is 7.13. The molecule has 8 heteroatoms. The zero-order valence-electron chi connectivity index (χ0n) is 19.7. The summed E-state index contributed by atoms with van der Waals surface area (Å²) in [7, 11) is 0. The number of amides is 2. The minimum absolute atomic E-state index is 0.0202. The molecule has 36 heavy (non-hydrogen) atoms. The van der Waals surface area contributed by atoms with Crippen LogP contribution in [-0.4, -0.2) is 29.2 Å². The lowest BCUT2D eigenvalue weighted by Gasteiger charge is -2.15.